The van der Waals surface area contributed by atoms with E-state index >= 15 is 0 Å². The average molecular weight is 705 g/mol. The largest absolute Gasteiger partial charge is 0.390 e. The highest BCUT2D eigenvalue weighted by Gasteiger charge is 2.33. The van der Waals surface area contributed by atoms with E-state index in [1.165, 1.54) is 6.33 Å². The van der Waals surface area contributed by atoms with Crippen LogP contribution in [0.25, 0.3) is 10.8 Å². The number of aromatic amines is 1. The zero-order valence-electron chi connectivity index (χ0n) is 30.0. The normalized spacial score (nSPS) is 15.6. The SMILES string of the molecule is CC(C)CC(=O)NC(=O)C[C@H](O)[C@H](CC(C)C)NC(=O)[C@H](Cc1cnc[nH]1)NC(=O)C(CC(=O)N1CCOCC1)Cc1cccc2ccccc12. The van der Waals surface area contributed by atoms with Crippen molar-refractivity contribution in [3.05, 3.63) is 66.2 Å². The quantitative estimate of drug-likeness (QED) is 0.142. The number of morpholine rings is 1. The number of imide groups is 1. The maximum absolute atomic E-state index is 14.2. The van der Waals surface area contributed by atoms with Crippen LogP contribution in [0.4, 0.5) is 0 Å². The molecule has 0 spiro atoms. The summed E-state index contributed by atoms with van der Waals surface area (Å²) in [5.74, 6) is -2.98. The van der Waals surface area contributed by atoms with E-state index in [4.69, 9.17) is 4.74 Å². The molecule has 5 amide bonds. The first-order chi connectivity index (χ1) is 24.4. The molecule has 13 heteroatoms. The Morgan fingerprint density at radius 3 is 2.25 bits per heavy atom. The summed E-state index contributed by atoms with van der Waals surface area (Å²) in [6, 6.07) is 11.8. The van der Waals surface area contributed by atoms with Crippen LogP contribution in [0, 0.1) is 17.8 Å². The standard InChI is InChI=1S/C38H52N6O7/c1-24(2)16-31(33(45)21-35(47)43-34(46)17-25(3)4)41-38(50)32(20-29-22-39-23-40-29)42-37(49)28(19-36(48)44-12-14-51-15-13-44)18-27-10-7-9-26-8-5-6-11-30(26)27/h5-11,22-25,28,31-33,45H,12-21H2,1-4H3,(H,39,40)(H,41,50)(H,42,49)(H,43,46,47)/t28?,31-,32-,33-/m0/s1. The summed E-state index contributed by atoms with van der Waals surface area (Å²) in [6.45, 7) is 9.30. The molecule has 1 aromatic heterocycles. The molecule has 1 saturated heterocycles. The number of nitrogens with zero attached hydrogens (tertiary/aromatic N) is 2. The lowest BCUT2D eigenvalue weighted by molar-refractivity contribution is -0.140. The monoisotopic (exact) mass is 704 g/mol. The third-order valence-electron chi connectivity index (χ3n) is 8.90. The summed E-state index contributed by atoms with van der Waals surface area (Å²) in [6.07, 6.45) is 2.11. The molecule has 0 radical (unpaired) electrons. The lowest BCUT2D eigenvalue weighted by atomic mass is 9.91. The van der Waals surface area contributed by atoms with Gasteiger partial charge in [0, 0.05) is 44.2 Å². The number of aliphatic hydroxyl groups excluding tert-OH is 1. The Hall–Kier alpha value is -4.62. The van der Waals surface area contributed by atoms with Crippen molar-refractivity contribution in [2.75, 3.05) is 26.3 Å². The van der Waals surface area contributed by atoms with E-state index < -0.39 is 54.2 Å². The summed E-state index contributed by atoms with van der Waals surface area (Å²) >= 11 is 0. The number of ether oxygens (including phenoxy) is 1. The number of amides is 5. The molecule has 1 unspecified atom stereocenters. The minimum atomic E-state index is -1.29. The third kappa shape index (κ3) is 12.3. The lowest BCUT2D eigenvalue weighted by Gasteiger charge is -2.30. The van der Waals surface area contributed by atoms with Crippen molar-refractivity contribution in [2.24, 2.45) is 17.8 Å². The number of rotatable bonds is 17. The number of hydrogen-bond acceptors (Lipinski definition) is 8. The summed E-state index contributed by atoms with van der Waals surface area (Å²) in [5, 5.41) is 21.2. The highest BCUT2D eigenvalue weighted by atomic mass is 16.5. The topological polar surface area (TPSA) is 183 Å². The maximum Gasteiger partial charge on any atom is 0.243 e. The maximum atomic E-state index is 14.2. The zero-order chi connectivity index (χ0) is 36.9. The second kappa shape index (κ2) is 19.1. The van der Waals surface area contributed by atoms with Crippen LogP contribution in [0.3, 0.4) is 0 Å². The Kier molecular flexibility index (Phi) is 14.7. The molecule has 2 aromatic carbocycles. The van der Waals surface area contributed by atoms with E-state index in [0.29, 0.717) is 38.4 Å². The van der Waals surface area contributed by atoms with Crippen LogP contribution in [0.1, 0.15) is 64.6 Å². The molecular weight excluding hydrogens is 652 g/mol. The number of imidazole rings is 1. The van der Waals surface area contributed by atoms with E-state index in [2.05, 4.69) is 25.9 Å². The van der Waals surface area contributed by atoms with E-state index in [1.807, 2.05) is 70.2 Å². The highest BCUT2D eigenvalue weighted by Crippen LogP contribution is 2.24. The number of aliphatic hydroxyl groups is 1. The smallest absolute Gasteiger partial charge is 0.243 e. The number of hydrogen-bond donors (Lipinski definition) is 5. The Morgan fingerprint density at radius 2 is 1.57 bits per heavy atom. The van der Waals surface area contributed by atoms with Gasteiger partial charge >= 0.3 is 0 Å². The summed E-state index contributed by atoms with van der Waals surface area (Å²) in [5.41, 5.74) is 1.50. The summed E-state index contributed by atoms with van der Waals surface area (Å²) in [4.78, 5) is 75.2. The van der Waals surface area contributed by atoms with E-state index in [9.17, 15) is 29.1 Å². The number of benzene rings is 2. The molecule has 276 valence electrons. The van der Waals surface area contributed by atoms with Crippen LogP contribution in [0.2, 0.25) is 0 Å². The fraction of sp³-hybridized carbons (Fsp3) is 0.526. The first kappa shape index (κ1) is 39.2. The van der Waals surface area contributed by atoms with Crippen molar-refractivity contribution in [3.8, 4) is 0 Å². The molecule has 4 atom stereocenters. The average Bonchev–Trinajstić information content (AvgIpc) is 3.60. The molecule has 0 aliphatic carbocycles. The lowest BCUT2D eigenvalue weighted by Crippen LogP contribution is -2.55. The summed E-state index contributed by atoms with van der Waals surface area (Å²) < 4.78 is 5.42. The number of H-pyrrole nitrogens is 1. The van der Waals surface area contributed by atoms with Crippen LogP contribution in [-0.4, -0.2) is 94.0 Å². The molecular formula is C38H52N6O7. The molecule has 3 aromatic rings. The van der Waals surface area contributed by atoms with Gasteiger partial charge in [0.25, 0.3) is 0 Å². The van der Waals surface area contributed by atoms with Gasteiger partial charge in [0.05, 0.1) is 44.0 Å². The molecule has 5 N–H and O–H groups in total. The van der Waals surface area contributed by atoms with Gasteiger partial charge in [0.1, 0.15) is 6.04 Å². The first-order valence-electron chi connectivity index (χ1n) is 17.8. The highest BCUT2D eigenvalue weighted by molar-refractivity contribution is 5.95. The summed E-state index contributed by atoms with van der Waals surface area (Å²) in [7, 11) is 0. The van der Waals surface area contributed by atoms with Crippen LogP contribution in [-0.2, 0) is 41.6 Å². The number of nitrogens with one attached hydrogen (secondary N) is 4. The van der Waals surface area contributed by atoms with Gasteiger partial charge in [-0.3, -0.25) is 29.3 Å². The van der Waals surface area contributed by atoms with Gasteiger partial charge < -0.3 is 30.4 Å². The van der Waals surface area contributed by atoms with Gasteiger partial charge in [-0.2, -0.15) is 0 Å². The Bertz CT molecular complexity index is 1610. The fourth-order valence-corrected chi connectivity index (χ4v) is 6.33. The van der Waals surface area contributed by atoms with Crippen molar-refractivity contribution < 1.29 is 33.8 Å². The third-order valence-corrected chi connectivity index (χ3v) is 8.90. The molecule has 1 fully saturated rings. The van der Waals surface area contributed by atoms with Crippen LogP contribution in [0.15, 0.2) is 55.0 Å². The molecule has 4 rings (SSSR count). The van der Waals surface area contributed by atoms with Gasteiger partial charge in [-0.15, -0.1) is 0 Å². The first-order valence-corrected chi connectivity index (χ1v) is 17.8. The van der Waals surface area contributed by atoms with Crippen LogP contribution >= 0.6 is 0 Å². The second-order valence-corrected chi connectivity index (χ2v) is 14.2. The molecule has 0 saturated carbocycles. The van der Waals surface area contributed by atoms with E-state index in [1.54, 1.807) is 11.1 Å². The van der Waals surface area contributed by atoms with E-state index in [0.717, 1.165) is 16.3 Å². The van der Waals surface area contributed by atoms with Crippen LogP contribution in [0.5, 0.6) is 0 Å². The van der Waals surface area contributed by atoms with Crippen molar-refractivity contribution >= 4 is 40.3 Å². The van der Waals surface area contributed by atoms with Gasteiger partial charge in [0.15, 0.2) is 0 Å². The van der Waals surface area contributed by atoms with E-state index in [-0.39, 0.29) is 43.4 Å². The van der Waals surface area contributed by atoms with Crippen LogP contribution < -0.4 is 16.0 Å². The van der Waals surface area contributed by atoms with Gasteiger partial charge in [-0.05, 0) is 41.0 Å². The van der Waals surface area contributed by atoms with Gasteiger partial charge in [-0.1, -0.05) is 70.2 Å². The number of fused-ring (bicyclic) bond motifs is 1. The predicted octanol–water partition coefficient (Wildman–Crippen LogP) is 2.67. The van der Waals surface area contributed by atoms with Gasteiger partial charge in [-0.25, -0.2) is 4.98 Å². The predicted molar refractivity (Wildman–Crippen MR) is 192 cm³/mol. The minimum absolute atomic E-state index is 0.0347. The van der Waals surface area contributed by atoms with Crippen molar-refractivity contribution in [3.63, 3.8) is 0 Å². The number of carbonyl (C=O) groups excluding carboxylic acids is 5. The fourth-order valence-electron chi connectivity index (χ4n) is 6.33. The number of carbonyl (C=O) groups is 5. The minimum Gasteiger partial charge on any atom is -0.390 e. The Balaban J connectivity index is 1.55. The van der Waals surface area contributed by atoms with Crippen molar-refractivity contribution in [2.45, 2.75) is 84.4 Å². The Morgan fingerprint density at radius 1 is 0.863 bits per heavy atom. The molecule has 0 bridgehead atoms. The molecule has 1 aliphatic heterocycles. The van der Waals surface area contributed by atoms with Gasteiger partial charge in [0.2, 0.25) is 29.5 Å². The second-order valence-electron chi connectivity index (χ2n) is 14.2. The van der Waals surface area contributed by atoms with Crippen molar-refractivity contribution in [1.82, 2.24) is 30.8 Å². The molecule has 1 aliphatic rings. The zero-order valence-corrected chi connectivity index (χ0v) is 30.0. The van der Waals surface area contributed by atoms with Crippen molar-refractivity contribution in [1.29, 1.82) is 0 Å². The number of aromatic nitrogens is 2. The molecule has 2 heterocycles. The molecule has 51 heavy (non-hydrogen) atoms. The molecule has 13 nitrogen and oxygen atoms in total. The Labute approximate surface area is 299 Å².